The Balaban J connectivity index is 1.49. The van der Waals surface area contributed by atoms with E-state index in [4.69, 9.17) is 9.47 Å². The summed E-state index contributed by atoms with van der Waals surface area (Å²) in [5.41, 5.74) is 1.31. The Kier molecular flexibility index (Phi) is 7.71. The van der Waals surface area contributed by atoms with Crippen molar-refractivity contribution in [3.8, 4) is 5.75 Å². The first kappa shape index (κ1) is 17.3. The van der Waals surface area contributed by atoms with E-state index in [-0.39, 0.29) is 0 Å². The molecule has 1 aromatic rings. The van der Waals surface area contributed by atoms with Gasteiger partial charge in [0.2, 0.25) is 0 Å². The van der Waals surface area contributed by atoms with Gasteiger partial charge in [-0.3, -0.25) is 0 Å². The molecule has 124 valence electrons. The summed E-state index contributed by atoms with van der Waals surface area (Å²) in [6.45, 7) is 4.11. The van der Waals surface area contributed by atoms with Crippen LogP contribution >= 0.6 is 0 Å². The van der Waals surface area contributed by atoms with Crippen LogP contribution in [-0.2, 0) is 11.2 Å². The van der Waals surface area contributed by atoms with Crippen LogP contribution in [0, 0.1) is 0 Å². The molecule has 1 aliphatic carbocycles. The molecule has 1 aromatic carbocycles. The number of benzene rings is 1. The van der Waals surface area contributed by atoms with Gasteiger partial charge in [-0.2, -0.15) is 0 Å². The van der Waals surface area contributed by atoms with E-state index < -0.39 is 6.10 Å². The van der Waals surface area contributed by atoms with Crippen LogP contribution < -0.4 is 10.1 Å². The summed E-state index contributed by atoms with van der Waals surface area (Å²) < 4.78 is 11.1. The normalized spacial score (nSPS) is 16.8. The summed E-state index contributed by atoms with van der Waals surface area (Å²) >= 11 is 0. The van der Waals surface area contributed by atoms with Crippen molar-refractivity contribution in [3.05, 3.63) is 29.8 Å². The Morgan fingerprint density at radius 1 is 1.18 bits per heavy atom. The Bertz CT molecular complexity index is 401. The van der Waals surface area contributed by atoms with Crippen LogP contribution in [0.25, 0.3) is 0 Å². The van der Waals surface area contributed by atoms with Gasteiger partial charge in [0, 0.05) is 12.6 Å². The van der Waals surface area contributed by atoms with Crippen molar-refractivity contribution >= 4 is 0 Å². The van der Waals surface area contributed by atoms with E-state index in [0.717, 1.165) is 12.2 Å². The van der Waals surface area contributed by atoms with Crippen LogP contribution in [0.5, 0.6) is 5.75 Å². The Hall–Kier alpha value is -1.10. The fraction of sp³-hybridized carbons (Fsp3) is 0.667. The molecule has 1 saturated carbocycles. The number of ether oxygens (including phenoxy) is 2. The third kappa shape index (κ3) is 6.34. The molecule has 2 N–H and O–H groups in total. The van der Waals surface area contributed by atoms with Crippen molar-refractivity contribution in [2.45, 2.75) is 51.2 Å². The highest BCUT2D eigenvalue weighted by Crippen LogP contribution is 2.17. The number of aliphatic hydroxyl groups is 1. The monoisotopic (exact) mass is 307 g/mol. The minimum Gasteiger partial charge on any atom is -0.491 e. The van der Waals surface area contributed by atoms with Crippen molar-refractivity contribution in [1.82, 2.24) is 5.32 Å². The molecule has 0 unspecified atom stereocenters. The number of nitrogens with one attached hydrogen (secondary N) is 1. The molecule has 4 heteroatoms. The van der Waals surface area contributed by atoms with E-state index >= 15 is 0 Å². The van der Waals surface area contributed by atoms with Crippen LogP contribution in [0.3, 0.4) is 0 Å². The Morgan fingerprint density at radius 3 is 2.59 bits per heavy atom. The maximum absolute atomic E-state index is 9.86. The lowest BCUT2D eigenvalue weighted by atomic mass is 10.2. The lowest BCUT2D eigenvalue weighted by Gasteiger charge is -2.16. The molecular weight excluding hydrogens is 278 g/mol. The second-order valence-electron chi connectivity index (χ2n) is 5.96. The van der Waals surface area contributed by atoms with Crippen molar-refractivity contribution in [3.63, 3.8) is 0 Å². The van der Waals surface area contributed by atoms with E-state index in [0.29, 0.717) is 32.4 Å². The van der Waals surface area contributed by atoms with Gasteiger partial charge >= 0.3 is 0 Å². The lowest BCUT2D eigenvalue weighted by molar-refractivity contribution is 0.0241. The van der Waals surface area contributed by atoms with Gasteiger partial charge in [0.05, 0.1) is 19.3 Å². The molecule has 1 aliphatic rings. The maximum Gasteiger partial charge on any atom is 0.119 e. The maximum atomic E-state index is 9.86. The second kappa shape index (κ2) is 9.82. The summed E-state index contributed by atoms with van der Waals surface area (Å²) in [5.74, 6) is 0.865. The average Bonchev–Trinajstić information content (AvgIpc) is 3.06. The molecule has 22 heavy (non-hydrogen) atoms. The number of hydrogen-bond acceptors (Lipinski definition) is 4. The number of rotatable bonds is 10. The van der Waals surface area contributed by atoms with E-state index in [1.54, 1.807) is 0 Å². The molecule has 0 spiro atoms. The summed E-state index contributed by atoms with van der Waals surface area (Å²) in [6, 6.07) is 8.71. The van der Waals surface area contributed by atoms with Crippen LogP contribution in [0.4, 0.5) is 0 Å². The molecule has 0 amide bonds. The molecule has 0 aromatic heterocycles. The van der Waals surface area contributed by atoms with Crippen LogP contribution in [0.1, 0.15) is 38.2 Å². The van der Waals surface area contributed by atoms with Crippen molar-refractivity contribution in [2.75, 3.05) is 26.4 Å². The van der Waals surface area contributed by atoms with Gasteiger partial charge < -0.3 is 19.9 Å². The van der Waals surface area contributed by atoms with E-state index in [2.05, 4.69) is 24.4 Å². The molecule has 0 radical (unpaired) electrons. The fourth-order valence-electron chi connectivity index (χ4n) is 2.75. The van der Waals surface area contributed by atoms with Gasteiger partial charge in [-0.25, -0.2) is 0 Å². The number of aliphatic hydroxyl groups excluding tert-OH is 1. The Labute approximate surface area is 133 Å². The molecular formula is C18H29NO3. The van der Waals surface area contributed by atoms with Gasteiger partial charge in [0.25, 0.3) is 0 Å². The van der Waals surface area contributed by atoms with Crippen LogP contribution in [0.2, 0.25) is 0 Å². The molecule has 1 fully saturated rings. The lowest BCUT2D eigenvalue weighted by Crippen LogP contribution is -2.36. The molecule has 2 rings (SSSR count). The highest BCUT2D eigenvalue weighted by molar-refractivity contribution is 5.27. The van der Waals surface area contributed by atoms with E-state index in [1.807, 2.05) is 12.1 Å². The minimum absolute atomic E-state index is 0.359. The number of aryl methyl sites for hydroxylation is 1. The highest BCUT2D eigenvalue weighted by Gasteiger charge is 2.15. The van der Waals surface area contributed by atoms with Gasteiger partial charge in [-0.05, 0) is 37.0 Å². The summed E-state index contributed by atoms with van der Waals surface area (Å²) in [7, 11) is 0. The van der Waals surface area contributed by atoms with Crippen molar-refractivity contribution < 1.29 is 14.6 Å². The first-order chi connectivity index (χ1) is 10.8. The smallest absolute Gasteiger partial charge is 0.119 e. The molecule has 0 saturated heterocycles. The van der Waals surface area contributed by atoms with Gasteiger partial charge in [0.15, 0.2) is 0 Å². The summed E-state index contributed by atoms with van der Waals surface area (Å²) in [4.78, 5) is 0. The predicted molar refractivity (Wildman–Crippen MR) is 88.4 cm³/mol. The van der Waals surface area contributed by atoms with Crippen molar-refractivity contribution in [2.24, 2.45) is 0 Å². The third-order valence-corrected chi connectivity index (χ3v) is 4.14. The first-order valence-electron chi connectivity index (χ1n) is 8.49. The van der Waals surface area contributed by atoms with E-state index in [9.17, 15) is 5.11 Å². The number of hydrogen-bond donors (Lipinski definition) is 2. The van der Waals surface area contributed by atoms with E-state index in [1.165, 1.54) is 31.2 Å². The first-order valence-corrected chi connectivity index (χ1v) is 8.49. The molecule has 0 aliphatic heterocycles. The minimum atomic E-state index is -0.440. The largest absolute Gasteiger partial charge is 0.491 e. The van der Waals surface area contributed by atoms with Crippen LogP contribution in [0.15, 0.2) is 24.3 Å². The molecule has 1 atom stereocenters. The molecule has 4 nitrogen and oxygen atoms in total. The Morgan fingerprint density at radius 2 is 1.91 bits per heavy atom. The average molecular weight is 307 g/mol. The topological polar surface area (TPSA) is 50.7 Å². The predicted octanol–water partition coefficient (Wildman–Crippen LogP) is 2.54. The van der Waals surface area contributed by atoms with Gasteiger partial charge in [-0.15, -0.1) is 0 Å². The second-order valence-corrected chi connectivity index (χ2v) is 5.96. The highest BCUT2D eigenvalue weighted by atomic mass is 16.5. The SMILES string of the molecule is CCc1ccc(OCCOC[C@H](O)CNC2CCCC2)cc1. The van der Waals surface area contributed by atoms with Crippen molar-refractivity contribution in [1.29, 1.82) is 0 Å². The third-order valence-electron chi connectivity index (χ3n) is 4.14. The zero-order valence-electron chi connectivity index (χ0n) is 13.6. The zero-order chi connectivity index (χ0) is 15.6. The van der Waals surface area contributed by atoms with Gasteiger partial charge in [-0.1, -0.05) is 31.9 Å². The molecule has 0 heterocycles. The standard InChI is InChI=1S/C18H29NO3/c1-2-15-7-9-18(10-8-15)22-12-11-21-14-17(20)13-19-16-5-3-4-6-16/h7-10,16-17,19-20H,2-6,11-14H2,1H3/t17-/m1/s1. The quantitative estimate of drug-likeness (QED) is 0.652. The summed E-state index contributed by atoms with van der Waals surface area (Å²) in [5, 5.41) is 13.3. The van der Waals surface area contributed by atoms with Crippen LogP contribution in [-0.4, -0.2) is 43.6 Å². The molecule has 0 bridgehead atoms. The summed E-state index contributed by atoms with van der Waals surface area (Å²) in [6.07, 6.45) is 5.68. The van der Waals surface area contributed by atoms with Gasteiger partial charge in [0.1, 0.15) is 12.4 Å². The fourth-order valence-corrected chi connectivity index (χ4v) is 2.75. The zero-order valence-corrected chi connectivity index (χ0v) is 13.6.